The van der Waals surface area contributed by atoms with Crippen LogP contribution in [-0.4, -0.2) is 50.6 Å². The van der Waals surface area contributed by atoms with Crippen molar-refractivity contribution in [3.05, 3.63) is 0 Å². The molecule has 6 aliphatic heterocycles. The van der Waals surface area contributed by atoms with Crippen LogP contribution in [0.3, 0.4) is 0 Å². The molecule has 6 heterocycles. The summed E-state index contributed by atoms with van der Waals surface area (Å²) in [7, 11) is 0. The third-order valence-electron chi connectivity index (χ3n) is 6.70. The number of fused-ring (bicyclic) bond motifs is 10. The summed E-state index contributed by atoms with van der Waals surface area (Å²) < 4.78 is 11.6. The molecule has 6 fully saturated rings. The van der Waals surface area contributed by atoms with Crippen molar-refractivity contribution in [2.75, 3.05) is 26.2 Å². The van der Waals surface area contributed by atoms with Gasteiger partial charge in [0.05, 0.1) is 24.4 Å². The number of nitrogens with one attached hydrogen (secondary N) is 2. The van der Waals surface area contributed by atoms with E-state index in [0.717, 1.165) is 23.7 Å². The van der Waals surface area contributed by atoms with Gasteiger partial charge in [0.2, 0.25) is 0 Å². The zero-order valence-corrected chi connectivity index (χ0v) is 12.1. The second-order valence-corrected chi connectivity index (χ2v) is 7.55. The van der Waals surface area contributed by atoms with E-state index < -0.39 is 0 Å². The Morgan fingerprint density at radius 1 is 0.500 bits per heavy atom. The second kappa shape index (κ2) is 4.67. The zero-order chi connectivity index (χ0) is 13.1. The van der Waals surface area contributed by atoms with Crippen molar-refractivity contribution in [1.29, 1.82) is 0 Å². The summed E-state index contributed by atoms with van der Waals surface area (Å²) in [5.74, 6) is 3.50. The summed E-state index contributed by atoms with van der Waals surface area (Å²) in [6.07, 6.45) is 7.83. The lowest BCUT2D eigenvalue weighted by molar-refractivity contribution is 0.0830. The van der Waals surface area contributed by atoms with Crippen LogP contribution in [0.25, 0.3) is 0 Å². The molecule has 6 rings (SSSR count). The topological polar surface area (TPSA) is 42.5 Å². The molecular formula is C16H26N2O2. The first-order valence-electron chi connectivity index (χ1n) is 8.62. The van der Waals surface area contributed by atoms with Crippen LogP contribution >= 0.6 is 0 Å². The Labute approximate surface area is 121 Å². The maximum Gasteiger partial charge on any atom is 0.0624 e. The lowest BCUT2D eigenvalue weighted by Crippen LogP contribution is -2.24. The highest BCUT2D eigenvalue weighted by molar-refractivity contribution is 5.02. The van der Waals surface area contributed by atoms with Gasteiger partial charge in [0, 0.05) is 49.9 Å². The van der Waals surface area contributed by atoms with Gasteiger partial charge in [-0.25, -0.2) is 0 Å². The Kier molecular flexibility index (Phi) is 2.89. The maximum atomic E-state index is 5.80. The molecule has 20 heavy (non-hydrogen) atoms. The minimum Gasteiger partial charge on any atom is -0.374 e. The highest BCUT2D eigenvalue weighted by Gasteiger charge is 2.51. The highest BCUT2D eigenvalue weighted by atomic mass is 16.5. The van der Waals surface area contributed by atoms with E-state index in [2.05, 4.69) is 10.6 Å². The molecule has 0 spiro atoms. The molecule has 0 unspecified atom stereocenters. The first-order valence-corrected chi connectivity index (χ1v) is 8.62. The van der Waals surface area contributed by atoms with Gasteiger partial charge in [-0.3, -0.25) is 0 Å². The van der Waals surface area contributed by atoms with Crippen LogP contribution in [0.2, 0.25) is 0 Å². The van der Waals surface area contributed by atoms with Gasteiger partial charge in [0.25, 0.3) is 0 Å². The maximum absolute atomic E-state index is 5.80. The molecule has 4 heteroatoms. The molecule has 2 N–H and O–H groups in total. The lowest BCUT2D eigenvalue weighted by atomic mass is 9.82. The first-order chi connectivity index (χ1) is 9.90. The minimum absolute atomic E-state index is 0.630. The van der Waals surface area contributed by atoms with Crippen LogP contribution in [0.5, 0.6) is 0 Å². The summed E-state index contributed by atoms with van der Waals surface area (Å²) in [6.45, 7) is 4.86. The average Bonchev–Trinajstić information content (AvgIpc) is 3.28. The van der Waals surface area contributed by atoms with Crippen molar-refractivity contribution in [3.8, 4) is 0 Å². The first kappa shape index (κ1) is 12.4. The summed E-state index contributed by atoms with van der Waals surface area (Å²) in [5, 5.41) is 6.89. The van der Waals surface area contributed by atoms with Gasteiger partial charge in [-0.1, -0.05) is 0 Å². The fourth-order valence-electron chi connectivity index (χ4n) is 5.71. The van der Waals surface area contributed by atoms with E-state index in [1.165, 1.54) is 51.9 Å². The Bertz CT molecular complexity index is 323. The van der Waals surface area contributed by atoms with Gasteiger partial charge < -0.3 is 20.1 Å². The van der Waals surface area contributed by atoms with Crippen molar-refractivity contribution in [2.24, 2.45) is 23.7 Å². The number of hydrogen-bond donors (Lipinski definition) is 2. The quantitative estimate of drug-likeness (QED) is 0.687. The molecule has 0 aromatic rings. The van der Waals surface area contributed by atoms with E-state index in [1.807, 2.05) is 0 Å². The largest absolute Gasteiger partial charge is 0.374 e. The summed E-state index contributed by atoms with van der Waals surface area (Å²) in [4.78, 5) is 0. The van der Waals surface area contributed by atoms with Gasteiger partial charge in [-0.05, 0) is 25.7 Å². The third-order valence-corrected chi connectivity index (χ3v) is 6.70. The molecule has 0 aliphatic carbocycles. The standard InChI is InChI=1S/2C8H13NO/c2*1-2-8-6-4-9-3-5(6)7(1)10-8/h2*5-9H,1-4H2/t2*5-,6+,7+,8-. The molecule has 0 amide bonds. The molecule has 4 nitrogen and oxygen atoms in total. The zero-order valence-electron chi connectivity index (χ0n) is 12.1. The Morgan fingerprint density at radius 2 is 0.800 bits per heavy atom. The van der Waals surface area contributed by atoms with Gasteiger partial charge in [-0.2, -0.15) is 0 Å². The highest BCUT2D eigenvalue weighted by Crippen LogP contribution is 2.45. The van der Waals surface area contributed by atoms with Crippen molar-refractivity contribution in [2.45, 2.75) is 50.1 Å². The van der Waals surface area contributed by atoms with Gasteiger partial charge in [0.15, 0.2) is 0 Å². The van der Waals surface area contributed by atoms with Crippen LogP contribution < -0.4 is 10.6 Å². The van der Waals surface area contributed by atoms with E-state index >= 15 is 0 Å². The summed E-state index contributed by atoms with van der Waals surface area (Å²) in [5.41, 5.74) is 0. The SMILES string of the molecule is C1NC[C@H]2[C@@H]1[C@@H]1CC[C@H]2O1.C1NC[C@H]2[C@@H]1[C@@H]1CC[C@H]2O1. The Morgan fingerprint density at radius 3 is 1.10 bits per heavy atom. The van der Waals surface area contributed by atoms with Crippen molar-refractivity contribution >= 4 is 0 Å². The van der Waals surface area contributed by atoms with Crippen LogP contribution in [-0.2, 0) is 9.47 Å². The van der Waals surface area contributed by atoms with Gasteiger partial charge >= 0.3 is 0 Å². The number of rotatable bonds is 0. The normalized spacial score (nSPS) is 57.6. The molecule has 6 saturated heterocycles. The fraction of sp³-hybridized carbons (Fsp3) is 1.00. The predicted octanol–water partition coefficient (Wildman–Crippen LogP) is 0.766. The molecule has 4 bridgehead atoms. The monoisotopic (exact) mass is 278 g/mol. The van der Waals surface area contributed by atoms with E-state index in [4.69, 9.17) is 9.47 Å². The molecule has 6 aliphatic rings. The predicted molar refractivity (Wildman–Crippen MR) is 75.5 cm³/mol. The van der Waals surface area contributed by atoms with Crippen molar-refractivity contribution < 1.29 is 9.47 Å². The number of ether oxygens (including phenoxy) is 2. The van der Waals surface area contributed by atoms with Gasteiger partial charge in [0.1, 0.15) is 0 Å². The molecule has 8 atom stereocenters. The average molecular weight is 278 g/mol. The molecular weight excluding hydrogens is 252 g/mol. The van der Waals surface area contributed by atoms with E-state index in [0.29, 0.717) is 24.4 Å². The molecule has 0 radical (unpaired) electrons. The van der Waals surface area contributed by atoms with E-state index in [1.54, 1.807) is 0 Å². The van der Waals surface area contributed by atoms with Crippen molar-refractivity contribution in [1.82, 2.24) is 10.6 Å². The lowest BCUT2D eigenvalue weighted by Gasteiger charge is -2.18. The molecule has 0 aromatic heterocycles. The van der Waals surface area contributed by atoms with Crippen LogP contribution in [0, 0.1) is 23.7 Å². The van der Waals surface area contributed by atoms with Crippen LogP contribution in [0.4, 0.5) is 0 Å². The Hall–Kier alpha value is -0.160. The molecule has 0 saturated carbocycles. The second-order valence-electron chi connectivity index (χ2n) is 7.55. The van der Waals surface area contributed by atoms with E-state index in [9.17, 15) is 0 Å². The Balaban J connectivity index is 0.0000000960. The van der Waals surface area contributed by atoms with Crippen molar-refractivity contribution in [3.63, 3.8) is 0 Å². The summed E-state index contributed by atoms with van der Waals surface area (Å²) >= 11 is 0. The van der Waals surface area contributed by atoms with Crippen LogP contribution in [0.15, 0.2) is 0 Å². The fourth-order valence-corrected chi connectivity index (χ4v) is 5.71. The third kappa shape index (κ3) is 1.75. The van der Waals surface area contributed by atoms with Gasteiger partial charge in [-0.15, -0.1) is 0 Å². The molecule has 112 valence electrons. The van der Waals surface area contributed by atoms with Crippen LogP contribution in [0.1, 0.15) is 25.7 Å². The molecule has 0 aromatic carbocycles. The smallest absolute Gasteiger partial charge is 0.0624 e. The number of hydrogen-bond acceptors (Lipinski definition) is 4. The van der Waals surface area contributed by atoms with E-state index in [-0.39, 0.29) is 0 Å². The minimum atomic E-state index is 0.630. The summed E-state index contributed by atoms with van der Waals surface area (Å²) in [6, 6.07) is 0.